The number of hydrogen-bond acceptors (Lipinski definition) is 4. The van der Waals surface area contributed by atoms with E-state index in [2.05, 4.69) is 15.2 Å². The average Bonchev–Trinajstić information content (AvgIpc) is 2.75. The highest BCUT2D eigenvalue weighted by atomic mass is 16.4. The zero-order chi connectivity index (χ0) is 13.1. The van der Waals surface area contributed by atoms with Gasteiger partial charge in [-0.2, -0.15) is 0 Å². The average molecular weight is 250 g/mol. The molecule has 1 aromatic rings. The Kier molecular flexibility index (Phi) is 3.55. The first kappa shape index (κ1) is 12.5. The minimum atomic E-state index is -0.963. The highest BCUT2D eigenvalue weighted by Crippen LogP contribution is 2.25. The van der Waals surface area contributed by atoms with Crippen LogP contribution in [0.3, 0.4) is 0 Å². The summed E-state index contributed by atoms with van der Waals surface area (Å²) in [6.45, 7) is 4.23. The van der Waals surface area contributed by atoms with Crippen LogP contribution in [0.15, 0.2) is 12.3 Å². The zero-order valence-electron chi connectivity index (χ0n) is 10.4. The molecular weight excluding hydrogens is 232 g/mol. The first-order chi connectivity index (χ1) is 8.56. The van der Waals surface area contributed by atoms with Crippen LogP contribution in [0.5, 0.6) is 0 Å². The van der Waals surface area contributed by atoms with E-state index < -0.39 is 6.09 Å². The molecule has 1 aliphatic heterocycles. The van der Waals surface area contributed by atoms with Gasteiger partial charge in [0, 0.05) is 19.6 Å². The van der Waals surface area contributed by atoms with Gasteiger partial charge in [-0.25, -0.2) is 9.78 Å². The van der Waals surface area contributed by atoms with Crippen molar-refractivity contribution in [1.82, 2.24) is 10.3 Å². The van der Waals surface area contributed by atoms with Crippen molar-refractivity contribution in [3.8, 4) is 0 Å². The number of pyridine rings is 1. The van der Waals surface area contributed by atoms with Crippen LogP contribution in [-0.4, -0.2) is 35.8 Å². The summed E-state index contributed by atoms with van der Waals surface area (Å²) in [6, 6.07) is 1.91. The van der Waals surface area contributed by atoms with Crippen LogP contribution in [0, 0.1) is 12.8 Å². The number of nitrogen functional groups attached to an aromatic ring is 1. The third kappa shape index (κ3) is 2.82. The number of anilines is 2. The minimum Gasteiger partial charge on any atom is -0.465 e. The minimum absolute atomic E-state index is 0.347. The molecule has 0 aliphatic carbocycles. The predicted molar refractivity (Wildman–Crippen MR) is 69.7 cm³/mol. The topological polar surface area (TPSA) is 91.5 Å². The van der Waals surface area contributed by atoms with Gasteiger partial charge in [0.25, 0.3) is 0 Å². The predicted octanol–water partition coefficient (Wildman–Crippen LogP) is 1.07. The smallest absolute Gasteiger partial charge is 0.404 e. The Balaban J connectivity index is 1.97. The standard InChI is InChI=1S/C12H18N4O2/c1-8-4-10(13)6-14-11(8)16-3-2-9(7-16)5-15-12(17)18/h4,6,9,15H,2-3,5,7,13H2,1H3,(H,17,18). The maximum Gasteiger partial charge on any atom is 0.404 e. The maximum atomic E-state index is 10.4. The molecule has 4 N–H and O–H groups in total. The fourth-order valence-electron chi connectivity index (χ4n) is 2.34. The van der Waals surface area contributed by atoms with Crippen molar-refractivity contribution in [2.45, 2.75) is 13.3 Å². The molecule has 0 spiro atoms. The molecule has 18 heavy (non-hydrogen) atoms. The Hall–Kier alpha value is -1.98. The van der Waals surface area contributed by atoms with Crippen LogP contribution in [0.25, 0.3) is 0 Å². The molecule has 1 amide bonds. The number of nitrogens with two attached hydrogens (primary N) is 1. The number of carbonyl (C=O) groups is 1. The van der Waals surface area contributed by atoms with Gasteiger partial charge in [0.05, 0.1) is 11.9 Å². The van der Waals surface area contributed by atoms with Gasteiger partial charge in [-0.05, 0) is 30.9 Å². The fourth-order valence-corrected chi connectivity index (χ4v) is 2.34. The Morgan fingerprint density at radius 2 is 2.50 bits per heavy atom. The van der Waals surface area contributed by atoms with Crippen molar-refractivity contribution >= 4 is 17.6 Å². The third-order valence-electron chi connectivity index (χ3n) is 3.20. The molecular formula is C12H18N4O2. The normalized spacial score (nSPS) is 18.9. The lowest BCUT2D eigenvalue weighted by molar-refractivity contribution is 0.192. The molecule has 2 rings (SSSR count). The summed E-state index contributed by atoms with van der Waals surface area (Å²) in [7, 11) is 0. The van der Waals surface area contributed by atoms with Gasteiger partial charge in [0.1, 0.15) is 5.82 Å². The van der Waals surface area contributed by atoms with Crippen molar-refractivity contribution in [3.05, 3.63) is 17.8 Å². The first-order valence-electron chi connectivity index (χ1n) is 6.00. The van der Waals surface area contributed by atoms with Gasteiger partial charge in [0.2, 0.25) is 0 Å². The number of aromatic nitrogens is 1. The molecule has 1 unspecified atom stereocenters. The molecule has 1 aromatic heterocycles. The van der Waals surface area contributed by atoms with Crippen molar-refractivity contribution < 1.29 is 9.90 Å². The van der Waals surface area contributed by atoms with E-state index >= 15 is 0 Å². The molecule has 98 valence electrons. The van der Waals surface area contributed by atoms with Gasteiger partial charge in [-0.15, -0.1) is 0 Å². The molecule has 6 heteroatoms. The second-order valence-corrected chi connectivity index (χ2v) is 4.70. The van der Waals surface area contributed by atoms with Gasteiger partial charge in [0.15, 0.2) is 0 Å². The Bertz CT molecular complexity index is 450. The number of amides is 1. The Morgan fingerprint density at radius 1 is 1.72 bits per heavy atom. The van der Waals surface area contributed by atoms with Crippen molar-refractivity contribution in [2.75, 3.05) is 30.3 Å². The molecule has 1 atom stereocenters. The molecule has 1 aliphatic rings. The molecule has 0 radical (unpaired) electrons. The SMILES string of the molecule is Cc1cc(N)cnc1N1CCC(CNC(=O)O)C1. The number of carboxylic acid groups (broad SMARTS) is 1. The van der Waals surface area contributed by atoms with E-state index in [1.165, 1.54) is 0 Å². The monoisotopic (exact) mass is 250 g/mol. The van der Waals surface area contributed by atoms with E-state index in [1.54, 1.807) is 6.20 Å². The van der Waals surface area contributed by atoms with Gasteiger partial charge >= 0.3 is 6.09 Å². The van der Waals surface area contributed by atoms with E-state index in [9.17, 15) is 4.79 Å². The number of aryl methyl sites for hydroxylation is 1. The summed E-state index contributed by atoms with van der Waals surface area (Å²) in [4.78, 5) is 17.0. The summed E-state index contributed by atoms with van der Waals surface area (Å²) in [5.41, 5.74) is 7.40. The number of rotatable bonds is 3. The summed E-state index contributed by atoms with van der Waals surface area (Å²) in [5, 5.41) is 11.0. The summed E-state index contributed by atoms with van der Waals surface area (Å²) in [6.07, 6.45) is 1.67. The first-order valence-corrected chi connectivity index (χ1v) is 6.00. The Morgan fingerprint density at radius 3 is 3.17 bits per heavy atom. The van der Waals surface area contributed by atoms with Crippen molar-refractivity contribution in [3.63, 3.8) is 0 Å². The number of nitrogens with zero attached hydrogens (tertiary/aromatic N) is 2. The van der Waals surface area contributed by atoms with Crippen molar-refractivity contribution in [1.29, 1.82) is 0 Å². The van der Waals surface area contributed by atoms with Crippen molar-refractivity contribution in [2.24, 2.45) is 5.92 Å². The molecule has 0 bridgehead atoms. The van der Waals surface area contributed by atoms with E-state index in [-0.39, 0.29) is 0 Å². The lowest BCUT2D eigenvalue weighted by atomic mass is 10.1. The highest BCUT2D eigenvalue weighted by Gasteiger charge is 2.24. The largest absolute Gasteiger partial charge is 0.465 e. The molecule has 1 fully saturated rings. The summed E-state index contributed by atoms with van der Waals surface area (Å²) >= 11 is 0. The lowest BCUT2D eigenvalue weighted by Gasteiger charge is -2.19. The molecule has 6 nitrogen and oxygen atoms in total. The number of hydrogen-bond donors (Lipinski definition) is 3. The van der Waals surface area contributed by atoms with E-state index in [4.69, 9.17) is 10.8 Å². The number of nitrogens with one attached hydrogen (secondary N) is 1. The second-order valence-electron chi connectivity index (χ2n) is 4.70. The summed E-state index contributed by atoms with van der Waals surface area (Å²) in [5.74, 6) is 1.29. The molecule has 1 saturated heterocycles. The van der Waals surface area contributed by atoms with E-state index in [0.29, 0.717) is 18.2 Å². The second kappa shape index (κ2) is 5.12. The van der Waals surface area contributed by atoms with Crippen LogP contribution in [-0.2, 0) is 0 Å². The maximum absolute atomic E-state index is 10.4. The fraction of sp³-hybridized carbons (Fsp3) is 0.500. The van der Waals surface area contributed by atoms with Crippen LogP contribution < -0.4 is 16.0 Å². The van der Waals surface area contributed by atoms with Crippen LogP contribution in [0.2, 0.25) is 0 Å². The third-order valence-corrected chi connectivity index (χ3v) is 3.20. The lowest BCUT2D eigenvalue weighted by Crippen LogP contribution is -2.30. The van der Waals surface area contributed by atoms with Gasteiger partial charge in [-0.1, -0.05) is 0 Å². The highest BCUT2D eigenvalue weighted by molar-refractivity contribution is 5.64. The summed E-state index contributed by atoms with van der Waals surface area (Å²) < 4.78 is 0. The molecule has 2 heterocycles. The van der Waals surface area contributed by atoms with Crippen LogP contribution in [0.1, 0.15) is 12.0 Å². The van der Waals surface area contributed by atoms with E-state index in [0.717, 1.165) is 30.9 Å². The van der Waals surface area contributed by atoms with Crippen LogP contribution in [0.4, 0.5) is 16.3 Å². The van der Waals surface area contributed by atoms with Gasteiger partial charge in [-0.3, -0.25) is 0 Å². The quantitative estimate of drug-likeness (QED) is 0.746. The van der Waals surface area contributed by atoms with Crippen LogP contribution >= 0.6 is 0 Å². The van der Waals surface area contributed by atoms with Gasteiger partial charge < -0.3 is 21.1 Å². The molecule has 0 saturated carbocycles. The Labute approximate surface area is 106 Å². The van der Waals surface area contributed by atoms with E-state index in [1.807, 2.05) is 13.0 Å². The molecule has 0 aromatic carbocycles. The zero-order valence-corrected chi connectivity index (χ0v) is 10.4.